The molecule has 2 aromatic rings. The van der Waals surface area contributed by atoms with Gasteiger partial charge in [-0.1, -0.05) is 24.3 Å². The Bertz CT molecular complexity index is 934. The predicted molar refractivity (Wildman–Crippen MR) is 116 cm³/mol. The molecule has 1 saturated heterocycles. The Morgan fingerprint density at radius 2 is 1.97 bits per heavy atom. The monoisotopic (exact) mass is 428 g/mol. The van der Waals surface area contributed by atoms with Gasteiger partial charge in [0.05, 0.1) is 14.2 Å². The Morgan fingerprint density at radius 3 is 2.65 bits per heavy atom. The maximum atomic E-state index is 14.5. The summed E-state index contributed by atoms with van der Waals surface area (Å²) in [6, 6.07) is 12.4. The standard InChI is InChI=1S/C24H29FN2O4/c1-30-19-8-7-18(20(25)15-19)16-24(13-10-23(29)27-24)12-9-22(28)26-14-11-17-5-3-4-6-21(17)31-2/h3-8,15H,9-14,16H2,1-2H3,(H,26,28)(H,27,29)/t24-/m1/s1. The first-order valence-corrected chi connectivity index (χ1v) is 10.5. The summed E-state index contributed by atoms with van der Waals surface area (Å²) in [5.74, 6) is 0.711. The van der Waals surface area contributed by atoms with Crippen molar-refractivity contribution < 1.29 is 23.5 Å². The van der Waals surface area contributed by atoms with Gasteiger partial charge in [0.1, 0.15) is 17.3 Å². The van der Waals surface area contributed by atoms with E-state index in [9.17, 15) is 14.0 Å². The first kappa shape index (κ1) is 22.6. The minimum absolute atomic E-state index is 0.0644. The van der Waals surface area contributed by atoms with Crippen LogP contribution in [-0.4, -0.2) is 38.1 Å². The first-order valence-electron chi connectivity index (χ1n) is 10.5. The van der Waals surface area contributed by atoms with Crippen LogP contribution in [0.3, 0.4) is 0 Å². The number of carbonyl (C=O) groups is 2. The summed E-state index contributed by atoms with van der Waals surface area (Å²) in [4.78, 5) is 24.4. The Morgan fingerprint density at radius 1 is 1.16 bits per heavy atom. The summed E-state index contributed by atoms with van der Waals surface area (Å²) in [6.45, 7) is 0.492. The third-order valence-corrected chi connectivity index (χ3v) is 5.76. The molecule has 0 radical (unpaired) electrons. The van der Waals surface area contributed by atoms with E-state index in [2.05, 4.69) is 10.6 Å². The average molecular weight is 429 g/mol. The van der Waals surface area contributed by atoms with Crippen molar-refractivity contribution in [1.29, 1.82) is 0 Å². The van der Waals surface area contributed by atoms with Crippen LogP contribution in [0.25, 0.3) is 0 Å². The third-order valence-electron chi connectivity index (χ3n) is 5.76. The van der Waals surface area contributed by atoms with E-state index in [0.29, 0.717) is 50.0 Å². The van der Waals surface area contributed by atoms with Gasteiger partial charge in [-0.05, 0) is 48.9 Å². The van der Waals surface area contributed by atoms with Crippen LogP contribution in [0.2, 0.25) is 0 Å². The van der Waals surface area contributed by atoms with E-state index in [1.807, 2.05) is 24.3 Å². The van der Waals surface area contributed by atoms with E-state index in [4.69, 9.17) is 9.47 Å². The smallest absolute Gasteiger partial charge is 0.220 e. The van der Waals surface area contributed by atoms with Gasteiger partial charge in [0.15, 0.2) is 0 Å². The van der Waals surface area contributed by atoms with Gasteiger partial charge in [-0.25, -0.2) is 4.39 Å². The summed E-state index contributed by atoms with van der Waals surface area (Å²) >= 11 is 0. The molecule has 0 aromatic heterocycles. The maximum absolute atomic E-state index is 14.5. The molecule has 2 N–H and O–H groups in total. The molecule has 31 heavy (non-hydrogen) atoms. The third kappa shape index (κ3) is 5.96. The lowest BCUT2D eigenvalue weighted by molar-refractivity contribution is -0.122. The van der Waals surface area contributed by atoms with Crippen LogP contribution in [0.1, 0.15) is 36.8 Å². The van der Waals surface area contributed by atoms with Crippen LogP contribution in [0.5, 0.6) is 11.5 Å². The van der Waals surface area contributed by atoms with Gasteiger partial charge in [-0.3, -0.25) is 9.59 Å². The van der Waals surface area contributed by atoms with Crippen LogP contribution in [0, 0.1) is 5.82 Å². The number of nitrogens with one attached hydrogen (secondary N) is 2. The second-order valence-electron chi connectivity index (χ2n) is 7.87. The molecule has 2 aromatic carbocycles. The van der Waals surface area contributed by atoms with Crippen LogP contribution in [0.15, 0.2) is 42.5 Å². The van der Waals surface area contributed by atoms with Gasteiger partial charge >= 0.3 is 0 Å². The normalized spacial score (nSPS) is 17.8. The second-order valence-corrected chi connectivity index (χ2v) is 7.87. The number of carbonyl (C=O) groups excluding carboxylic acids is 2. The van der Waals surface area contributed by atoms with Crippen LogP contribution >= 0.6 is 0 Å². The van der Waals surface area contributed by atoms with E-state index >= 15 is 0 Å². The number of benzene rings is 2. The van der Waals surface area contributed by atoms with E-state index in [0.717, 1.165) is 11.3 Å². The van der Waals surface area contributed by atoms with Gasteiger partial charge in [-0.15, -0.1) is 0 Å². The first-order chi connectivity index (χ1) is 14.9. The fourth-order valence-electron chi connectivity index (χ4n) is 4.03. The quantitative estimate of drug-likeness (QED) is 0.610. The van der Waals surface area contributed by atoms with Gasteiger partial charge < -0.3 is 20.1 Å². The SMILES string of the molecule is COc1ccc(C[C@@]2(CCC(=O)NCCc3ccccc3OC)CCC(=O)N2)c(F)c1. The average Bonchev–Trinajstić information content (AvgIpc) is 3.14. The summed E-state index contributed by atoms with van der Waals surface area (Å²) in [7, 11) is 3.11. The molecular formula is C24H29FN2O4. The van der Waals surface area contributed by atoms with Crippen molar-refractivity contribution in [3.05, 3.63) is 59.4 Å². The van der Waals surface area contributed by atoms with E-state index in [-0.39, 0.29) is 24.1 Å². The molecule has 7 heteroatoms. The van der Waals surface area contributed by atoms with E-state index in [1.54, 1.807) is 19.2 Å². The van der Waals surface area contributed by atoms with Crippen molar-refractivity contribution in [3.63, 3.8) is 0 Å². The molecule has 2 amide bonds. The number of para-hydroxylation sites is 1. The van der Waals surface area contributed by atoms with Gasteiger partial charge in [0, 0.05) is 31.0 Å². The van der Waals surface area contributed by atoms with Gasteiger partial charge in [0.2, 0.25) is 11.8 Å². The van der Waals surface area contributed by atoms with Crippen LogP contribution < -0.4 is 20.1 Å². The molecule has 1 aliphatic rings. The number of methoxy groups -OCH3 is 2. The molecule has 0 aliphatic carbocycles. The Hall–Kier alpha value is -3.09. The zero-order chi connectivity index (χ0) is 22.3. The van der Waals surface area contributed by atoms with Crippen molar-refractivity contribution >= 4 is 11.8 Å². The zero-order valence-electron chi connectivity index (χ0n) is 18.0. The highest BCUT2D eigenvalue weighted by Crippen LogP contribution is 2.31. The molecule has 6 nitrogen and oxygen atoms in total. The number of hydrogen-bond acceptors (Lipinski definition) is 4. The molecule has 0 spiro atoms. The number of hydrogen-bond donors (Lipinski definition) is 2. The lowest BCUT2D eigenvalue weighted by Crippen LogP contribution is -2.44. The largest absolute Gasteiger partial charge is 0.497 e. The number of rotatable bonds is 10. The van der Waals surface area contributed by atoms with Crippen molar-refractivity contribution in [2.24, 2.45) is 0 Å². The highest BCUT2D eigenvalue weighted by molar-refractivity contribution is 5.80. The molecule has 1 atom stereocenters. The molecule has 0 saturated carbocycles. The summed E-state index contributed by atoms with van der Waals surface area (Å²) < 4.78 is 24.8. The van der Waals surface area contributed by atoms with Crippen molar-refractivity contribution in [1.82, 2.24) is 10.6 Å². The van der Waals surface area contributed by atoms with Crippen LogP contribution in [0.4, 0.5) is 4.39 Å². The number of ether oxygens (including phenoxy) is 2. The zero-order valence-corrected chi connectivity index (χ0v) is 18.0. The van der Waals surface area contributed by atoms with E-state index in [1.165, 1.54) is 13.2 Å². The van der Waals surface area contributed by atoms with E-state index < -0.39 is 5.54 Å². The molecule has 0 unspecified atom stereocenters. The molecule has 1 fully saturated rings. The van der Waals surface area contributed by atoms with Crippen molar-refractivity contribution in [2.45, 2.75) is 44.1 Å². The van der Waals surface area contributed by atoms with Crippen LogP contribution in [-0.2, 0) is 22.4 Å². The number of halogens is 1. The predicted octanol–water partition coefficient (Wildman–Crippen LogP) is 3.17. The fourth-order valence-corrected chi connectivity index (χ4v) is 4.03. The van der Waals surface area contributed by atoms with Gasteiger partial charge in [0.25, 0.3) is 0 Å². The van der Waals surface area contributed by atoms with Gasteiger partial charge in [-0.2, -0.15) is 0 Å². The lowest BCUT2D eigenvalue weighted by atomic mass is 9.84. The number of amides is 2. The maximum Gasteiger partial charge on any atom is 0.220 e. The summed E-state index contributed by atoms with van der Waals surface area (Å²) in [5, 5.41) is 5.92. The Balaban J connectivity index is 1.56. The Kier molecular flexibility index (Phi) is 7.50. The molecular weight excluding hydrogens is 399 g/mol. The topological polar surface area (TPSA) is 76.7 Å². The molecule has 0 bridgehead atoms. The van der Waals surface area contributed by atoms with Crippen molar-refractivity contribution in [3.8, 4) is 11.5 Å². The highest BCUT2D eigenvalue weighted by atomic mass is 19.1. The fraction of sp³-hybridized carbons (Fsp3) is 0.417. The minimum Gasteiger partial charge on any atom is -0.497 e. The molecule has 1 aliphatic heterocycles. The second kappa shape index (κ2) is 10.3. The summed E-state index contributed by atoms with van der Waals surface area (Å²) in [6.07, 6.45) is 2.66. The van der Waals surface area contributed by atoms with Crippen molar-refractivity contribution in [2.75, 3.05) is 20.8 Å². The molecule has 166 valence electrons. The Labute approximate surface area is 182 Å². The highest BCUT2D eigenvalue weighted by Gasteiger charge is 2.38. The molecule has 1 heterocycles. The summed E-state index contributed by atoms with van der Waals surface area (Å²) in [5.41, 5.74) is 0.909. The minimum atomic E-state index is -0.619. The molecule has 3 rings (SSSR count). The lowest BCUT2D eigenvalue weighted by Gasteiger charge is -2.29.